The quantitative estimate of drug-likeness (QED) is 0.704. The van der Waals surface area contributed by atoms with Gasteiger partial charge in [-0.1, -0.05) is 6.92 Å². The molecule has 0 atom stereocenters. The monoisotopic (exact) mass is 178 g/mol. The van der Waals surface area contributed by atoms with Crippen molar-refractivity contribution in [3.05, 3.63) is 29.6 Å². The maximum absolute atomic E-state index is 11.5. The maximum Gasteiger partial charge on any atom is 0.178 e. The van der Waals surface area contributed by atoms with Crippen LogP contribution in [0.4, 0.5) is 0 Å². The maximum atomic E-state index is 11.5. The van der Waals surface area contributed by atoms with Crippen LogP contribution >= 0.6 is 0 Å². The van der Waals surface area contributed by atoms with Crippen LogP contribution in [0.5, 0.6) is 0 Å². The van der Waals surface area contributed by atoms with Gasteiger partial charge in [-0.25, -0.2) is 0 Å². The van der Waals surface area contributed by atoms with Gasteiger partial charge in [0.25, 0.3) is 0 Å². The SMILES string of the molecule is CCNCC(=O)c1cnccc1C. The first kappa shape index (κ1) is 9.86. The summed E-state index contributed by atoms with van der Waals surface area (Å²) in [7, 11) is 0. The molecule has 1 rings (SSSR count). The second-order valence-corrected chi connectivity index (χ2v) is 2.89. The van der Waals surface area contributed by atoms with Crippen molar-refractivity contribution in [3.63, 3.8) is 0 Å². The van der Waals surface area contributed by atoms with Crippen LogP contribution < -0.4 is 5.32 Å². The second-order valence-electron chi connectivity index (χ2n) is 2.89. The van der Waals surface area contributed by atoms with Gasteiger partial charge < -0.3 is 5.32 Å². The van der Waals surface area contributed by atoms with E-state index in [0.29, 0.717) is 12.1 Å². The summed E-state index contributed by atoms with van der Waals surface area (Å²) in [6, 6.07) is 1.85. The molecule has 0 aromatic carbocycles. The van der Waals surface area contributed by atoms with Gasteiger partial charge in [0, 0.05) is 18.0 Å². The average Bonchev–Trinajstić information content (AvgIpc) is 2.15. The number of aromatic nitrogens is 1. The zero-order chi connectivity index (χ0) is 9.68. The van der Waals surface area contributed by atoms with Gasteiger partial charge in [0.15, 0.2) is 5.78 Å². The van der Waals surface area contributed by atoms with Crippen molar-refractivity contribution in [2.45, 2.75) is 13.8 Å². The molecule has 3 heteroatoms. The first-order valence-electron chi connectivity index (χ1n) is 4.40. The summed E-state index contributed by atoms with van der Waals surface area (Å²) in [6.45, 7) is 5.10. The fourth-order valence-corrected chi connectivity index (χ4v) is 1.09. The summed E-state index contributed by atoms with van der Waals surface area (Å²) in [5.74, 6) is 0.104. The molecule has 1 aromatic heterocycles. The molecular formula is C10H14N2O. The molecule has 1 N–H and O–H groups in total. The number of carbonyl (C=O) groups excluding carboxylic acids is 1. The number of rotatable bonds is 4. The Morgan fingerprint density at radius 2 is 2.38 bits per heavy atom. The number of pyridine rings is 1. The molecule has 0 aliphatic rings. The lowest BCUT2D eigenvalue weighted by molar-refractivity contribution is 0.0991. The highest BCUT2D eigenvalue weighted by Gasteiger charge is 2.07. The zero-order valence-corrected chi connectivity index (χ0v) is 8.00. The minimum absolute atomic E-state index is 0.104. The number of hydrogen-bond acceptors (Lipinski definition) is 3. The number of Topliss-reactive ketones (excluding diaryl/α,β-unsaturated/α-hetero) is 1. The summed E-state index contributed by atoms with van der Waals surface area (Å²) in [5.41, 5.74) is 1.70. The molecule has 0 saturated carbocycles. The third kappa shape index (κ3) is 2.63. The van der Waals surface area contributed by atoms with Crippen molar-refractivity contribution in [3.8, 4) is 0 Å². The third-order valence-corrected chi connectivity index (χ3v) is 1.88. The summed E-state index contributed by atoms with van der Waals surface area (Å²) < 4.78 is 0. The van der Waals surface area contributed by atoms with Gasteiger partial charge in [0.2, 0.25) is 0 Å². The van der Waals surface area contributed by atoms with Crippen LogP contribution in [0.2, 0.25) is 0 Å². The molecule has 1 aromatic rings. The van der Waals surface area contributed by atoms with Crippen LogP contribution in [-0.2, 0) is 0 Å². The van der Waals surface area contributed by atoms with Crippen molar-refractivity contribution in [2.75, 3.05) is 13.1 Å². The largest absolute Gasteiger partial charge is 0.310 e. The first-order valence-corrected chi connectivity index (χ1v) is 4.40. The van der Waals surface area contributed by atoms with Crippen molar-refractivity contribution >= 4 is 5.78 Å². The molecule has 0 saturated heterocycles. The standard InChI is InChI=1S/C10H14N2O/c1-3-11-7-10(13)9-6-12-5-4-8(9)2/h4-6,11H,3,7H2,1-2H3. The van der Waals surface area contributed by atoms with Crippen LogP contribution in [0.25, 0.3) is 0 Å². The molecule has 13 heavy (non-hydrogen) atoms. The Balaban J connectivity index is 2.71. The van der Waals surface area contributed by atoms with Crippen LogP contribution in [0.1, 0.15) is 22.8 Å². The summed E-state index contributed by atoms with van der Waals surface area (Å²) in [5, 5.41) is 3.00. The van der Waals surface area contributed by atoms with E-state index in [1.807, 2.05) is 19.9 Å². The first-order chi connectivity index (χ1) is 6.25. The molecular weight excluding hydrogens is 164 g/mol. The van der Waals surface area contributed by atoms with Crippen molar-refractivity contribution in [1.82, 2.24) is 10.3 Å². The predicted octanol–water partition coefficient (Wildman–Crippen LogP) is 1.18. The Morgan fingerprint density at radius 1 is 1.62 bits per heavy atom. The minimum atomic E-state index is 0.104. The van der Waals surface area contributed by atoms with E-state index in [-0.39, 0.29) is 5.78 Å². The molecule has 0 radical (unpaired) electrons. The normalized spacial score (nSPS) is 10.0. The highest BCUT2D eigenvalue weighted by molar-refractivity contribution is 5.98. The Morgan fingerprint density at radius 3 is 3.00 bits per heavy atom. The lowest BCUT2D eigenvalue weighted by Crippen LogP contribution is -2.23. The smallest absolute Gasteiger partial charge is 0.178 e. The third-order valence-electron chi connectivity index (χ3n) is 1.88. The molecule has 0 bridgehead atoms. The van der Waals surface area contributed by atoms with E-state index < -0.39 is 0 Å². The van der Waals surface area contributed by atoms with Crippen molar-refractivity contribution in [1.29, 1.82) is 0 Å². The number of carbonyl (C=O) groups is 1. The molecule has 0 amide bonds. The van der Waals surface area contributed by atoms with Gasteiger partial charge in [-0.3, -0.25) is 9.78 Å². The number of nitrogens with one attached hydrogen (secondary N) is 1. The fourth-order valence-electron chi connectivity index (χ4n) is 1.09. The second kappa shape index (κ2) is 4.72. The predicted molar refractivity (Wildman–Crippen MR) is 51.8 cm³/mol. The van der Waals surface area contributed by atoms with Crippen molar-refractivity contribution in [2.24, 2.45) is 0 Å². The van der Waals surface area contributed by atoms with E-state index in [1.54, 1.807) is 12.4 Å². The van der Waals surface area contributed by atoms with Gasteiger partial charge in [-0.05, 0) is 25.1 Å². The Hall–Kier alpha value is -1.22. The van der Waals surface area contributed by atoms with Gasteiger partial charge in [0.1, 0.15) is 0 Å². The van der Waals surface area contributed by atoms with Crippen LogP contribution in [-0.4, -0.2) is 23.9 Å². The number of likely N-dealkylation sites (N-methyl/N-ethyl adjacent to an activating group) is 1. The Kier molecular flexibility index (Phi) is 3.58. The molecule has 1 heterocycles. The zero-order valence-electron chi connectivity index (χ0n) is 8.00. The molecule has 0 aliphatic carbocycles. The molecule has 0 aliphatic heterocycles. The van der Waals surface area contributed by atoms with Gasteiger partial charge >= 0.3 is 0 Å². The molecule has 0 fully saturated rings. The van der Waals surface area contributed by atoms with E-state index in [2.05, 4.69) is 10.3 Å². The molecule has 0 unspecified atom stereocenters. The van der Waals surface area contributed by atoms with Crippen LogP contribution in [0, 0.1) is 6.92 Å². The molecule has 3 nitrogen and oxygen atoms in total. The van der Waals surface area contributed by atoms with E-state index >= 15 is 0 Å². The summed E-state index contributed by atoms with van der Waals surface area (Å²) in [6.07, 6.45) is 3.31. The average molecular weight is 178 g/mol. The van der Waals surface area contributed by atoms with Crippen LogP contribution in [0.15, 0.2) is 18.5 Å². The highest BCUT2D eigenvalue weighted by atomic mass is 16.1. The fraction of sp³-hybridized carbons (Fsp3) is 0.400. The van der Waals surface area contributed by atoms with Crippen LogP contribution in [0.3, 0.4) is 0 Å². The summed E-state index contributed by atoms with van der Waals surface area (Å²) >= 11 is 0. The number of nitrogens with zero attached hydrogens (tertiary/aromatic N) is 1. The molecule has 70 valence electrons. The van der Waals surface area contributed by atoms with Gasteiger partial charge in [-0.2, -0.15) is 0 Å². The number of aryl methyl sites for hydroxylation is 1. The van der Waals surface area contributed by atoms with E-state index in [1.165, 1.54) is 0 Å². The number of ketones is 1. The van der Waals surface area contributed by atoms with Gasteiger partial charge in [0.05, 0.1) is 6.54 Å². The van der Waals surface area contributed by atoms with E-state index in [0.717, 1.165) is 12.1 Å². The highest BCUT2D eigenvalue weighted by Crippen LogP contribution is 2.04. The Labute approximate surface area is 78.2 Å². The number of hydrogen-bond donors (Lipinski definition) is 1. The van der Waals surface area contributed by atoms with Crippen molar-refractivity contribution < 1.29 is 4.79 Å². The Bertz CT molecular complexity index is 297. The lowest BCUT2D eigenvalue weighted by atomic mass is 10.1. The van der Waals surface area contributed by atoms with E-state index in [4.69, 9.17) is 0 Å². The molecule has 0 spiro atoms. The topological polar surface area (TPSA) is 42.0 Å². The van der Waals surface area contributed by atoms with Gasteiger partial charge in [-0.15, -0.1) is 0 Å². The summed E-state index contributed by atoms with van der Waals surface area (Å²) in [4.78, 5) is 15.4. The van der Waals surface area contributed by atoms with E-state index in [9.17, 15) is 4.79 Å². The lowest BCUT2D eigenvalue weighted by Gasteiger charge is -2.03. The minimum Gasteiger partial charge on any atom is -0.310 e.